The summed E-state index contributed by atoms with van der Waals surface area (Å²) < 4.78 is 10.2. The lowest BCUT2D eigenvalue weighted by molar-refractivity contribution is 0.306. The van der Waals surface area contributed by atoms with Gasteiger partial charge in [0.25, 0.3) is 0 Å². The molecule has 0 unspecified atom stereocenters. The fourth-order valence-electron chi connectivity index (χ4n) is 2.60. The molecule has 0 saturated carbocycles. The van der Waals surface area contributed by atoms with Crippen molar-refractivity contribution in [2.75, 3.05) is 18.2 Å². The number of halogens is 2. The van der Waals surface area contributed by atoms with Crippen molar-refractivity contribution in [1.82, 2.24) is 9.97 Å². The number of nitrogens with one attached hydrogen (secondary N) is 1. The maximum absolute atomic E-state index is 8.41. The molecule has 0 aliphatic carbocycles. The summed E-state index contributed by atoms with van der Waals surface area (Å²) in [7, 11) is -0.0642. The molecule has 0 atom stereocenters. The first kappa shape index (κ1) is 22.9. The third-order valence-corrected chi connectivity index (χ3v) is 5.34. The molecular weight excluding hydrogens is 453 g/mol. The van der Waals surface area contributed by atoms with Gasteiger partial charge in [0.05, 0.1) is 15.8 Å². The molecule has 9 heteroatoms. The molecule has 6 nitrogen and oxygen atoms in total. The van der Waals surface area contributed by atoms with Crippen LogP contribution < -0.4 is 10.5 Å². The number of aromatic nitrogens is 2. The van der Waals surface area contributed by atoms with Crippen molar-refractivity contribution in [3.63, 3.8) is 0 Å². The highest BCUT2D eigenvalue weighted by atomic mass is 35.5. The van der Waals surface area contributed by atoms with Gasteiger partial charge in [-0.25, -0.2) is 9.35 Å². The zero-order chi connectivity index (χ0) is 22.4. The summed E-state index contributed by atoms with van der Waals surface area (Å²) in [5, 5.41) is 9.27. The third-order valence-electron chi connectivity index (χ3n) is 4.14. The van der Waals surface area contributed by atoms with E-state index in [-0.39, 0.29) is 23.0 Å². The van der Waals surface area contributed by atoms with E-state index in [1.165, 1.54) is 12.4 Å². The Labute approximate surface area is 193 Å². The predicted molar refractivity (Wildman–Crippen MR) is 131 cm³/mol. The predicted octanol–water partition coefficient (Wildman–Crippen LogP) is 5.72. The summed E-state index contributed by atoms with van der Waals surface area (Å²) in [6, 6.07) is 8.92. The number of hydrogen-bond acceptors (Lipinski definition) is 6. The van der Waals surface area contributed by atoms with Crippen molar-refractivity contribution in [3.8, 4) is 5.75 Å². The summed E-state index contributed by atoms with van der Waals surface area (Å²) in [4.78, 5) is 8.25. The van der Waals surface area contributed by atoms with E-state index in [1.807, 2.05) is 24.6 Å². The van der Waals surface area contributed by atoms with Gasteiger partial charge in [-0.15, -0.1) is 0 Å². The number of nitrogen functional groups attached to an aromatic ring is 1. The molecule has 0 fully saturated rings. The molecular formula is C22H21Cl2N5OS. The summed E-state index contributed by atoms with van der Waals surface area (Å²) in [6.07, 6.45) is 12.3. The first-order chi connectivity index (χ1) is 14.8. The molecule has 3 aromatic rings. The van der Waals surface area contributed by atoms with Crippen LogP contribution in [0.15, 0.2) is 59.4 Å². The van der Waals surface area contributed by atoms with Gasteiger partial charge in [-0.3, -0.25) is 4.98 Å². The highest BCUT2D eigenvalue weighted by Crippen LogP contribution is 2.26. The van der Waals surface area contributed by atoms with Gasteiger partial charge >= 0.3 is 0 Å². The Kier molecular flexibility index (Phi) is 7.79. The number of nitrogens with zero attached hydrogens (tertiary/aromatic N) is 3. The van der Waals surface area contributed by atoms with Crippen LogP contribution in [-0.4, -0.2) is 28.2 Å². The van der Waals surface area contributed by atoms with Gasteiger partial charge in [0, 0.05) is 35.4 Å². The van der Waals surface area contributed by atoms with Crippen molar-refractivity contribution in [1.29, 1.82) is 5.41 Å². The van der Waals surface area contributed by atoms with Crippen LogP contribution in [0.2, 0.25) is 10.0 Å². The maximum atomic E-state index is 8.41. The summed E-state index contributed by atoms with van der Waals surface area (Å²) in [6.45, 7) is 0.173. The van der Waals surface area contributed by atoms with E-state index >= 15 is 0 Å². The maximum Gasteiger partial charge on any atom is 0.158 e. The fourth-order valence-corrected chi connectivity index (χ4v) is 3.55. The number of ether oxygens (including phenoxy) is 1. The molecule has 2 heterocycles. The largest absolute Gasteiger partial charge is 0.489 e. The van der Waals surface area contributed by atoms with Crippen molar-refractivity contribution in [3.05, 3.63) is 81.7 Å². The summed E-state index contributed by atoms with van der Waals surface area (Å²) >= 11 is 12.3. The van der Waals surface area contributed by atoms with E-state index < -0.39 is 0 Å². The van der Waals surface area contributed by atoms with Crippen LogP contribution in [0.4, 0.5) is 11.5 Å². The van der Waals surface area contributed by atoms with Gasteiger partial charge in [-0.1, -0.05) is 40.0 Å². The van der Waals surface area contributed by atoms with Crippen molar-refractivity contribution < 1.29 is 4.74 Å². The number of anilines is 1. The van der Waals surface area contributed by atoms with Crippen molar-refractivity contribution in [2.45, 2.75) is 6.61 Å². The molecule has 0 amide bonds. The molecule has 3 rings (SSSR count). The molecule has 160 valence electrons. The SMILES string of the molecule is CS(C)=Nc1ccc(/C=C/C(=N)c2cc(OCc3c(Cl)cncc3Cl)ccc2N)cn1. The minimum Gasteiger partial charge on any atom is -0.489 e. The molecule has 2 aromatic heterocycles. The van der Waals surface area contributed by atoms with Crippen molar-refractivity contribution >= 4 is 57.2 Å². The normalized spacial score (nSPS) is 11.1. The monoisotopic (exact) mass is 473 g/mol. The molecule has 3 N–H and O–H groups in total. The molecule has 31 heavy (non-hydrogen) atoms. The Bertz CT molecular complexity index is 1140. The van der Waals surface area contributed by atoms with E-state index in [1.54, 1.807) is 36.5 Å². The van der Waals surface area contributed by atoms with Gasteiger partial charge < -0.3 is 15.9 Å². The van der Waals surface area contributed by atoms with Crippen LogP contribution in [0.5, 0.6) is 5.75 Å². The number of rotatable bonds is 7. The first-order valence-corrected chi connectivity index (χ1v) is 11.9. The number of allylic oxidation sites excluding steroid dienone is 1. The molecule has 0 spiro atoms. The highest BCUT2D eigenvalue weighted by Gasteiger charge is 2.10. The molecule has 0 bridgehead atoms. The zero-order valence-electron chi connectivity index (χ0n) is 17.0. The smallest absolute Gasteiger partial charge is 0.158 e. The van der Waals surface area contributed by atoms with Gasteiger partial charge in [0.15, 0.2) is 5.82 Å². The van der Waals surface area contributed by atoms with Crippen LogP contribution in [-0.2, 0) is 17.3 Å². The quantitative estimate of drug-likeness (QED) is 0.338. The molecule has 0 aliphatic rings. The molecule has 0 saturated heterocycles. The van der Waals surface area contributed by atoms with Gasteiger partial charge in [0.1, 0.15) is 12.4 Å². The van der Waals surface area contributed by atoms with Crippen LogP contribution in [0.3, 0.4) is 0 Å². The highest BCUT2D eigenvalue weighted by molar-refractivity contribution is 7.85. The number of hydrogen-bond donors (Lipinski definition) is 2. The summed E-state index contributed by atoms with van der Waals surface area (Å²) in [5.74, 6) is 1.25. The Morgan fingerprint density at radius 2 is 1.90 bits per heavy atom. The van der Waals surface area contributed by atoms with E-state index in [0.29, 0.717) is 38.4 Å². The average Bonchev–Trinajstić information content (AvgIpc) is 2.73. The topological polar surface area (TPSA) is 97.2 Å². The first-order valence-electron chi connectivity index (χ1n) is 9.16. The van der Waals surface area contributed by atoms with E-state index in [9.17, 15) is 0 Å². The lowest BCUT2D eigenvalue weighted by Crippen LogP contribution is -2.03. The number of benzene rings is 1. The Balaban J connectivity index is 1.72. The van der Waals surface area contributed by atoms with Gasteiger partial charge in [-0.2, -0.15) is 0 Å². The van der Waals surface area contributed by atoms with E-state index in [2.05, 4.69) is 14.3 Å². The second-order valence-corrected chi connectivity index (χ2v) is 9.22. The lowest BCUT2D eigenvalue weighted by Gasteiger charge is -2.11. The second-order valence-electron chi connectivity index (χ2n) is 6.68. The van der Waals surface area contributed by atoms with Crippen LogP contribution in [0.1, 0.15) is 16.7 Å². The molecule has 0 radical (unpaired) electrons. The van der Waals surface area contributed by atoms with Gasteiger partial charge in [-0.05, 0) is 54.5 Å². The van der Waals surface area contributed by atoms with Crippen LogP contribution >= 0.6 is 23.2 Å². The second kappa shape index (κ2) is 10.5. The number of pyridine rings is 2. The summed E-state index contributed by atoms with van der Waals surface area (Å²) in [5.41, 5.74) is 8.87. The minimum absolute atomic E-state index is 0.0642. The van der Waals surface area contributed by atoms with E-state index in [4.69, 9.17) is 39.1 Å². The molecule has 1 aromatic carbocycles. The fraction of sp³-hybridized carbons (Fsp3) is 0.136. The Hall–Kier alpha value is -2.74. The zero-order valence-corrected chi connectivity index (χ0v) is 19.3. The Morgan fingerprint density at radius 1 is 1.16 bits per heavy atom. The molecule has 0 aliphatic heterocycles. The van der Waals surface area contributed by atoms with Gasteiger partial charge in [0.2, 0.25) is 0 Å². The minimum atomic E-state index is -0.0642. The Morgan fingerprint density at radius 3 is 2.55 bits per heavy atom. The average molecular weight is 474 g/mol. The standard InChI is InChI=1S/C22H21Cl2N5OS/c1-31(2)29-22-8-4-14(10-28-22)3-6-20(25)16-9-15(5-7-21(16)26)30-13-17-18(23)11-27-12-19(17)24/h3-12,25H,13,26H2,1-2H3/b6-3+,25-20?. The van der Waals surface area contributed by atoms with E-state index in [0.717, 1.165) is 5.56 Å². The third kappa shape index (κ3) is 6.37. The number of nitrogens with two attached hydrogens (primary N) is 1. The van der Waals surface area contributed by atoms with Crippen molar-refractivity contribution in [2.24, 2.45) is 4.36 Å². The van der Waals surface area contributed by atoms with Crippen LogP contribution in [0.25, 0.3) is 6.08 Å². The lowest BCUT2D eigenvalue weighted by atomic mass is 10.1. The van der Waals surface area contributed by atoms with Crippen LogP contribution in [0, 0.1) is 5.41 Å².